The molecule has 35 heavy (non-hydrogen) atoms. The van der Waals surface area contributed by atoms with Crippen LogP contribution >= 0.6 is 23.1 Å². The van der Waals surface area contributed by atoms with Crippen LogP contribution in [0.1, 0.15) is 26.5 Å². The standard InChI is InChI=1S/C20H25N5O8S2/c1-20(2,3)18(29)33-8-32-17(28)13-9(5-31-4)6-34-16-12(15(27)25(13)16)23-14(26)11(24-30)10-7-35-19(21)22-10/h7,12,16,30H,5-6,8H2,1-4H3,(H2,21,22)(H,23,26)/b24-11+. The van der Waals surface area contributed by atoms with Crippen molar-refractivity contribution < 1.29 is 38.6 Å². The van der Waals surface area contributed by atoms with E-state index in [9.17, 15) is 24.4 Å². The number of fused-ring (bicyclic) bond motifs is 1. The van der Waals surface area contributed by atoms with Crippen LogP contribution in [0.2, 0.25) is 0 Å². The highest BCUT2D eigenvalue weighted by Gasteiger charge is 2.54. The molecule has 2 aliphatic rings. The molecular weight excluding hydrogens is 502 g/mol. The molecule has 1 aromatic heterocycles. The van der Waals surface area contributed by atoms with Crippen molar-refractivity contribution in [1.82, 2.24) is 15.2 Å². The maximum atomic E-state index is 13.0. The van der Waals surface area contributed by atoms with Crippen LogP contribution in [0.3, 0.4) is 0 Å². The average Bonchev–Trinajstić information content (AvgIpc) is 3.22. The molecule has 0 aliphatic carbocycles. The van der Waals surface area contributed by atoms with Crippen molar-refractivity contribution in [3.63, 3.8) is 0 Å². The smallest absolute Gasteiger partial charge is 0.358 e. The number of hydrogen-bond donors (Lipinski definition) is 3. The number of thioether (sulfide) groups is 1. The van der Waals surface area contributed by atoms with Crippen LogP contribution in [0.15, 0.2) is 21.8 Å². The number of β-lactam (4-membered cyclic amide) rings is 1. The van der Waals surface area contributed by atoms with Crippen molar-refractivity contribution in [2.75, 3.05) is 32.0 Å². The number of carbonyl (C=O) groups is 4. The van der Waals surface area contributed by atoms with Crippen LogP contribution in [0.25, 0.3) is 0 Å². The number of oxime groups is 1. The number of aromatic nitrogens is 1. The molecule has 4 N–H and O–H groups in total. The van der Waals surface area contributed by atoms with Gasteiger partial charge in [-0.25, -0.2) is 9.78 Å². The van der Waals surface area contributed by atoms with E-state index in [0.29, 0.717) is 11.3 Å². The molecule has 0 saturated carbocycles. The van der Waals surface area contributed by atoms with Crippen molar-refractivity contribution in [2.24, 2.45) is 10.6 Å². The van der Waals surface area contributed by atoms with Gasteiger partial charge in [0.25, 0.3) is 11.8 Å². The summed E-state index contributed by atoms with van der Waals surface area (Å²) in [5.74, 6) is -2.50. The summed E-state index contributed by atoms with van der Waals surface area (Å²) in [6.07, 6.45) is 0. The molecule has 1 fully saturated rings. The summed E-state index contributed by atoms with van der Waals surface area (Å²) < 4.78 is 15.2. The molecule has 2 aliphatic heterocycles. The van der Waals surface area contributed by atoms with Crippen LogP contribution in [0.5, 0.6) is 0 Å². The molecule has 2 atom stereocenters. The van der Waals surface area contributed by atoms with Gasteiger partial charge in [-0.15, -0.1) is 23.1 Å². The molecule has 1 aromatic rings. The van der Waals surface area contributed by atoms with E-state index < -0.39 is 53.1 Å². The largest absolute Gasteiger partial charge is 0.427 e. The molecule has 3 rings (SSSR count). The fourth-order valence-electron chi connectivity index (χ4n) is 3.20. The minimum Gasteiger partial charge on any atom is -0.427 e. The molecule has 0 bridgehead atoms. The lowest BCUT2D eigenvalue weighted by molar-refractivity contribution is -0.173. The third kappa shape index (κ3) is 5.57. The molecule has 0 spiro atoms. The Kier molecular flexibility index (Phi) is 8.02. The number of nitrogen functional groups attached to an aromatic ring is 1. The highest BCUT2D eigenvalue weighted by molar-refractivity contribution is 8.00. The number of amides is 2. The number of hydrogen-bond acceptors (Lipinski definition) is 13. The second kappa shape index (κ2) is 10.6. The first-order valence-electron chi connectivity index (χ1n) is 10.2. The Morgan fingerprint density at radius 2 is 2.06 bits per heavy atom. The number of ether oxygens (including phenoxy) is 3. The predicted octanol–water partition coefficient (Wildman–Crippen LogP) is 0.294. The van der Waals surface area contributed by atoms with Crippen molar-refractivity contribution in [3.05, 3.63) is 22.3 Å². The van der Waals surface area contributed by atoms with Gasteiger partial charge < -0.3 is 30.5 Å². The number of nitrogens with one attached hydrogen (secondary N) is 1. The van der Waals surface area contributed by atoms with Gasteiger partial charge in [0, 0.05) is 18.2 Å². The minimum atomic E-state index is -0.995. The molecule has 3 heterocycles. The first kappa shape index (κ1) is 26.4. The normalized spacial score (nSPS) is 20.2. The highest BCUT2D eigenvalue weighted by atomic mass is 32.2. The number of methoxy groups -OCH3 is 1. The van der Waals surface area contributed by atoms with E-state index in [1.54, 1.807) is 20.8 Å². The highest BCUT2D eigenvalue weighted by Crippen LogP contribution is 2.40. The summed E-state index contributed by atoms with van der Waals surface area (Å²) >= 11 is 2.37. The van der Waals surface area contributed by atoms with Gasteiger partial charge in [0.2, 0.25) is 6.79 Å². The summed E-state index contributed by atoms with van der Waals surface area (Å²) in [7, 11) is 1.44. The number of esters is 2. The Morgan fingerprint density at radius 3 is 2.63 bits per heavy atom. The maximum absolute atomic E-state index is 13.0. The van der Waals surface area contributed by atoms with E-state index in [2.05, 4.69) is 15.5 Å². The van der Waals surface area contributed by atoms with Gasteiger partial charge in [-0.1, -0.05) is 5.16 Å². The summed E-state index contributed by atoms with van der Waals surface area (Å²) in [6.45, 7) is 4.42. The minimum absolute atomic E-state index is 0.0266. The van der Waals surface area contributed by atoms with E-state index >= 15 is 0 Å². The van der Waals surface area contributed by atoms with Crippen molar-refractivity contribution in [2.45, 2.75) is 32.2 Å². The quantitative estimate of drug-likeness (QED) is 0.105. The summed E-state index contributed by atoms with van der Waals surface area (Å²) in [5, 5.41) is 15.8. The van der Waals surface area contributed by atoms with E-state index in [0.717, 1.165) is 11.3 Å². The van der Waals surface area contributed by atoms with Crippen LogP contribution in [0.4, 0.5) is 5.13 Å². The third-order valence-corrected chi connectivity index (χ3v) is 6.93. The summed E-state index contributed by atoms with van der Waals surface area (Å²) in [4.78, 5) is 55.4. The van der Waals surface area contributed by atoms with Crippen LogP contribution < -0.4 is 11.1 Å². The predicted molar refractivity (Wildman–Crippen MR) is 125 cm³/mol. The van der Waals surface area contributed by atoms with Gasteiger partial charge in [0.05, 0.1) is 12.0 Å². The van der Waals surface area contributed by atoms with Gasteiger partial charge in [0.15, 0.2) is 10.8 Å². The van der Waals surface area contributed by atoms with Crippen LogP contribution in [-0.2, 0) is 33.4 Å². The van der Waals surface area contributed by atoms with E-state index in [1.807, 2.05) is 0 Å². The molecule has 0 radical (unpaired) electrons. The van der Waals surface area contributed by atoms with Crippen LogP contribution in [0, 0.1) is 5.41 Å². The molecular formula is C20H25N5O8S2. The molecule has 15 heteroatoms. The van der Waals surface area contributed by atoms with Gasteiger partial charge in [-0.3, -0.25) is 19.3 Å². The fraction of sp³-hybridized carbons (Fsp3) is 0.500. The Morgan fingerprint density at radius 1 is 1.34 bits per heavy atom. The van der Waals surface area contributed by atoms with E-state index in [4.69, 9.17) is 19.9 Å². The summed E-state index contributed by atoms with van der Waals surface area (Å²) in [5.41, 5.74) is 4.92. The number of anilines is 1. The van der Waals surface area contributed by atoms with E-state index in [-0.39, 0.29) is 23.1 Å². The monoisotopic (exact) mass is 527 g/mol. The second-order valence-electron chi connectivity index (χ2n) is 8.50. The summed E-state index contributed by atoms with van der Waals surface area (Å²) in [6, 6.07) is -0.995. The van der Waals surface area contributed by atoms with Crippen LogP contribution in [-0.4, -0.2) is 82.2 Å². The number of carbonyl (C=O) groups excluding carboxylic acids is 4. The number of thiazole rings is 1. The van der Waals surface area contributed by atoms with Gasteiger partial charge in [-0.2, -0.15) is 0 Å². The zero-order valence-corrected chi connectivity index (χ0v) is 21.0. The lowest BCUT2D eigenvalue weighted by atomic mass is 9.98. The zero-order chi connectivity index (χ0) is 25.9. The zero-order valence-electron chi connectivity index (χ0n) is 19.4. The number of nitrogens with two attached hydrogens (primary N) is 1. The van der Waals surface area contributed by atoms with E-state index in [1.165, 1.54) is 29.2 Å². The van der Waals surface area contributed by atoms with Crippen molar-refractivity contribution in [1.29, 1.82) is 0 Å². The fourth-order valence-corrected chi connectivity index (χ4v) is 5.07. The number of rotatable bonds is 8. The first-order valence-corrected chi connectivity index (χ1v) is 12.2. The third-order valence-electron chi connectivity index (χ3n) is 4.92. The Hall–Kier alpha value is -3.17. The lowest BCUT2D eigenvalue weighted by Gasteiger charge is -2.49. The van der Waals surface area contributed by atoms with Crippen molar-refractivity contribution >= 4 is 57.7 Å². The Bertz CT molecular complexity index is 1090. The Balaban J connectivity index is 1.71. The lowest BCUT2D eigenvalue weighted by Crippen LogP contribution is -2.71. The van der Waals surface area contributed by atoms with Crippen molar-refractivity contribution in [3.8, 4) is 0 Å². The second-order valence-corrected chi connectivity index (χ2v) is 10.5. The molecule has 0 aromatic carbocycles. The van der Waals surface area contributed by atoms with Gasteiger partial charge in [0.1, 0.15) is 22.8 Å². The molecule has 1 saturated heterocycles. The molecule has 190 valence electrons. The molecule has 2 unspecified atom stereocenters. The molecule has 13 nitrogen and oxygen atoms in total. The maximum Gasteiger partial charge on any atom is 0.358 e. The SMILES string of the molecule is COCC1=C(C(=O)OCOC(=O)C(C)(C)C)N2C(=O)C(NC(=O)/C(=N/O)c3csc(N)n3)C2SC1. The van der Waals surface area contributed by atoms with Gasteiger partial charge in [-0.05, 0) is 26.3 Å². The average molecular weight is 528 g/mol. The topological polar surface area (TPSA) is 183 Å². The van der Waals surface area contributed by atoms with Gasteiger partial charge >= 0.3 is 11.9 Å². The number of nitrogens with zero attached hydrogens (tertiary/aromatic N) is 3. The first-order chi connectivity index (χ1) is 16.5. The Labute approximate surface area is 208 Å². The molecule has 2 amide bonds.